The summed E-state index contributed by atoms with van der Waals surface area (Å²) < 4.78 is 5.11. The van der Waals surface area contributed by atoms with Crippen LogP contribution in [-0.4, -0.2) is 56.9 Å². The minimum atomic E-state index is -1.48. The van der Waals surface area contributed by atoms with Crippen LogP contribution in [0, 0.1) is 5.41 Å². The highest BCUT2D eigenvalue weighted by Gasteiger charge is 2.18. The lowest BCUT2D eigenvalue weighted by molar-refractivity contribution is 0.0366. The molecule has 0 bridgehead atoms. The van der Waals surface area contributed by atoms with Gasteiger partial charge in [-0.15, -0.1) is 0 Å². The predicted octanol–water partition coefficient (Wildman–Crippen LogP) is 3.37. The molecule has 4 N–H and O–H groups in total. The van der Waals surface area contributed by atoms with Crippen LogP contribution in [0.15, 0.2) is 42.5 Å². The summed E-state index contributed by atoms with van der Waals surface area (Å²) in [4.78, 5) is 54.0. The molecular formula is C22H22O10. The molecule has 0 unspecified atom stereocenters. The maximum absolute atomic E-state index is 11.6. The van der Waals surface area contributed by atoms with Gasteiger partial charge < -0.3 is 25.2 Å². The van der Waals surface area contributed by atoms with Gasteiger partial charge in [0, 0.05) is 0 Å². The van der Waals surface area contributed by atoms with Crippen LogP contribution >= 0.6 is 0 Å². The standard InChI is InChI=1S/C13H16O4.C9H6O6/c1-13(2,3)8-17-12(16)10-6-4-9(5-7-10)11(14)15;10-7(11)4-1-2-5(8(12)13)6(3-4)9(14)15/h4-7H,8H2,1-3H3,(H,14,15);1-3H,(H,10,11)(H,12,13)(H,14,15). The van der Waals surface area contributed by atoms with E-state index in [2.05, 4.69) is 0 Å². The number of hydrogen-bond donors (Lipinski definition) is 4. The predicted molar refractivity (Wildman–Crippen MR) is 110 cm³/mol. The van der Waals surface area contributed by atoms with Crippen LogP contribution < -0.4 is 0 Å². The van der Waals surface area contributed by atoms with Crippen molar-refractivity contribution < 1.29 is 49.1 Å². The maximum atomic E-state index is 11.6. The van der Waals surface area contributed by atoms with Crippen LogP contribution in [0.4, 0.5) is 0 Å². The van der Waals surface area contributed by atoms with Crippen LogP contribution in [0.3, 0.4) is 0 Å². The number of aromatic carboxylic acids is 4. The van der Waals surface area contributed by atoms with Crippen molar-refractivity contribution in [2.24, 2.45) is 5.41 Å². The van der Waals surface area contributed by atoms with E-state index in [-0.39, 0.29) is 16.5 Å². The number of carboxylic acid groups (broad SMARTS) is 4. The highest BCUT2D eigenvalue weighted by atomic mass is 16.5. The fourth-order valence-corrected chi connectivity index (χ4v) is 2.15. The van der Waals surface area contributed by atoms with E-state index < -0.39 is 41.0 Å². The Morgan fingerprint density at radius 1 is 0.656 bits per heavy atom. The Balaban J connectivity index is 0.000000323. The Labute approximate surface area is 182 Å². The van der Waals surface area contributed by atoms with Gasteiger partial charge in [-0.2, -0.15) is 0 Å². The first-order valence-electron chi connectivity index (χ1n) is 9.07. The molecule has 0 aliphatic rings. The first-order chi connectivity index (χ1) is 14.7. The summed E-state index contributed by atoms with van der Waals surface area (Å²) in [5, 5.41) is 34.6. The number of esters is 1. The minimum absolute atomic E-state index is 0.0866. The van der Waals surface area contributed by atoms with E-state index in [0.717, 1.165) is 18.2 Å². The second-order valence-electron chi connectivity index (χ2n) is 7.70. The largest absolute Gasteiger partial charge is 0.478 e. The Hall–Kier alpha value is -4.21. The van der Waals surface area contributed by atoms with Crippen LogP contribution in [0.2, 0.25) is 0 Å². The lowest BCUT2D eigenvalue weighted by Crippen LogP contribution is -2.18. The average molecular weight is 446 g/mol. The zero-order valence-corrected chi connectivity index (χ0v) is 17.5. The number of rotatable bonds is 6. The molecule has 2 rings (SSSR count). The maximum Gasteiger partial charge on any atom is 0.338 e. The molecule has 170 valence electrons. The SMILES string of the molecule is CC(C)(C)COC(=O)c1ccc(C(=O)O)cc1.O=C(O)c1ccc(C(=O)O)c(C(=O)O)c1. The van der Waals surface area contributed by atoms with Crippen molar-refractivity contribution in [2.45, 2.75) is 20.8 Å². The lowest BCUT2D eigenvalue weighted by atomic mass is 9.99. The smallest absolute Gasteiger partial charge is 0.338 e. The van der Waals surface area contributed by atoms with Crippen LogP contribution in [-0.2, 0) is 4.74 Å². The highest BCUT2D eigenvalue weighted by Crippen LogP contribution is 2.15. The van der Waals surface area contributed by atoms with Gasteiger partial charge in [-0.05, 0) is 47.9 Å². The van der Waals surface area contributed by atoms with Crippen molar-refractivity contribution in [3.8, 4) is 0 Å². The molecule has 0 aliphatic heterocycles. The molecule has 0 saturated carbocycles. The van der Waals surface area contributed by atoms with Gasteiger partial charge in [0.15, 0.2) is 0 Å². The lowest BCUT2D eigenvalue weighted by Gasteiger charge is -2.17. The third kappa shape index (κ3) is 7.90. The normalized spacial score (nSPS) is 10.3. The van der Waals surface area contributed by atoms with Gasteiger partial charge in [0.2, 0.25) is 0 Å². The topological polar surface area (TPSA) is 176 Å². The van der Waals surface area contributed by atoms with Gasteiger partial charge in [0.05, 0.1) is 34.4 Å². The van der Waals surface area contributed by atoms with Crippen LogP contribution in [0.25, 0.3) is 0 Å². The van der Waals surface area contributed by atoms with E-state index in [0.29, 0.717) is 12.2 Å². The molecule has 0 spiro atoms. The number of ether oxygens (including phenoxy) is 1. The van der Waals surface area contributed by atoms with E-state index in [1.54, 1.807) is 0 Å². The molecule has 10 heteroatoms. The van der Waals surface area contributed by atoms with Crippen molar-refractivity contribution >= 4 is 29.8 Å². The van der Waals surface area contributed by atoms with Crippen molar-refractivity contribution in [1.82, 2.24) is 0 Å². The molecule has 0 fully saturated rings. The molecule has 0 aliphatic carbocycles. The van der Waals surface area contributed by atoms with Crippen LogP contribution in [0.1, 0.15) is 72.6 Å². The molecule has 0 atom stereocenters. The molecule has 10 nitrogen and oxygen atoms in total. The highest BCUT2D eigenvalue weighted by molar-refractivity contribution is 6.03. The van der Waals surface area contributed by atoms with Crippen molar-refractivity contribution in [1.29, 1.82) is 0 Å². The van der Waals surface area contributed by atoms with Crippen molar-refractivity contribution in [2.75, 3.05) is 6.61 Å². The molecule has 32 heavy (non-hydrogen) atoms. The van der Waals surface area contributed by atoms with E-state index in [1.165, 1.54) is 24.3 Å². The second kappa shape index (κ2) is 10.7. The third-order valence-corrected chi connectivity index (χ3v) is 3.73. The van der Waals surface area contributed by atoms with Gasteiger partial charge >= 0.3 is 29.8 Å². The molecule has 0 radical (unpaired) electrons. The van der Waals surface area contributed by atoms with Gasteiger partial charge in [0.25, 0.3) is 0 Å². The van der Waals surface area contributed by atoms with Gasteiger partial charge in [0.1, 0.15) is 0 Å². The van der Waals surface area contributed by atoms with Crippen molar-refractivity contribution in [3.63, 3.8) is 0 Å². The van der Waals surface area contributed by atoms with E-state index in [9.17, 15) is 24.0 Å². The summed E-state index contributed by atoms with van der Waals surface area (Å²) in [7, 11) is 0. The molecule has 2 aromatic rings. The summed E-state index contributed by atoms with van der Waals surface area (Å²) in [5.41, 5.74) is -0.819. The summed E-state index contributed by atoms with van der Waals surface area (Å²) in [6, 6.07) is 8.48. The van der Waals surface area contributed by atoms with Crippen LogP contribution in [0.5, 0.6) is 0 Å². The molecular weight excluding hydrogens is 424 g/mol. The first-order valence-corrected chi connectivity index (χ1v) is 9.07. The van der Waals surface area contributed by atoms with E-state index in [1.807, 2.05) is 20.8 Å². The number of carbonyl (C=O) groups excluding carboxylic acids is 1. The molecule has 0 saturated heterocycles. The monoisotopic (exact) mass is 446 g/mol. The summed E-state index contributed by atoms with van der Waals surface area (Å²) in [6.07, 6.45) is 0. The fourth-order valence-electron chi connectivity index (χ4n) is 2.15. The molecule has 0 amide bonds. The van der Waals surface area contributed by atoms with Gasteiger partial charge in [-0.3, -0.25) is 0 Å². The Bertz CT molecular complexity index is 1030. The Kier molecular flexibility index (Phi) is 8.64. The van der Waals surface area contributed by atoms with Gasteiger partial charge in [-0.1, -0.05) is 20.8 Å². The van der Waals surface area contributed by atoms with E-state index >= 15 is 0 Å². The van der Waals surface area contributed by atoms with E-state index in [4.69, 9.17) is 25.2 Å². The first kappa shape index (κ1) is 25.8. The Morgan fingerprint density at radius 3 is 1.50 bits per heavy atom. The summed E-state index contributed by atoms with van der Waals surface area (Å²) >= 11 is 0. The average Bonchev–Trinajstić information content (AvgIpc) is 2.71. The fraction of sp³-hybridized carbons (Fsp3) is 0.227. The Morgan fingerprint density at radius 2 is 1.09 bits per heavy atom. The summed E-state index contributed by atoms with van der Waals surface area (Å²) in [6.45, 7) is 6.22. The van der Waals surface area contributed by atoms with Crippen molar-refractivity contribution in [3.05, 3.63) is 70.3 Å². The quantitative estimate of drug-likeness (QED) is 0.481. The zero-order valence-electron chi connectivity index (χ0n) is 17.5. The zero-order chi connectivity index (χ0) is 24.6. The third-order valence-electron chi connectivity index (χ3n) is 3.73. The number of hydrogen-bond acceptors (Lipinski definition) is 6. The number of carboxylic acids is 4. The number of benzene rings is 2. The molecule has 0 heterocycles. The molecule has 0 aromatic heterocycles. The molecule has 2 aromatic carbocycles. The second-order valence-corrected chi connectivity index (χ2v) is 7.70. The number of carbonyl (C=O) groups is 5. The minimum Gasteiger partial charge on any atom is -0.478 e. The van der Waals surface area contributed by atoms with Gasteiger partial charge in [-0.25, -0.2) is 24.0 Å². The summed E-state index contributed by atoms with van der Waals surface area (Å²) in [5.74, 6) is -5.65.